The molecule has 0 radical (unpaired) electrons. The first-order chi connectivity index (χ1) is 24.4. The van der Waals surface area contributed by atoms with Crippen LogP contribution < -0.4 is 0 Å². The van der Waals surface area contributed by atoms with Crippen LogP contribution in [0.2, 0.25) is 0 Å². The van der Waals surface area contributed by atoms with Gasteiger partial charge in [-0.05, 0) is 129 Å². The SMILES string of the molecule is Cc1cc(C)c(-c2c(F)c3[c-]c(c2F)C(C)(C)c2[c-]c(c(F)c(-c4c(C)cc(C)cc4C)c2F)-c2cccc(n2)C(C)(C)c2cccc-3n2)c(C)c1.[Pt+2]. The molecule has 7 rings (SSSR count). The molecule has 6 aromatic rings. The van der Waals surface area contributed by atoms with Crippen LogP contribution in [0.5, 0.6) is 0 Å². The van der Waals surface area contributed by atoms with Crippen molar-refractivity contribution in [1.29, 1.82) is 0 Å². The van der Waals surface area contributed by atoms with Crippen LogP contribution in [0, 0.1) is 76.9 Å². The van der Waals surface area contributed by atoms with Crippen LogP contribution in [0.15, 0.2) is 60.7 Å². The van der Waals surface area contributed by atoms with E-state index in [4.69, 9.17) is 9.97 Å². The summed E-state index contributed by atoms with van der Waals surface area (Å²) >= 11 is 0. The third-order valence-corrected chi connectivity index (χ3v) is 10.7. The summed E-state index contributed by atoms with van der Waals surface area (Å²) in [7, 11) is 0. The molecule has 53 heavy (non-hydrogen) atoms. The molecular formula is C46H40F4N2Pt. The van der Waals surface area contributed by atoms with Gasteiger partial charge in [-0.2, -0.15) is 0 Å². The van der Waals surface area contributed by atoms with Crippen molar-refractivity contribution in [3.63, 3.8) is 0 Å². The number of hydrogen-bond donors (Lipinski definition) is 0. The molecule has 0 N–H and O–H groups in total. The van der Waals surface area contributed by atoms with Gasteiger partial charge in [0.1, 0.15) is 0 Å². The van der Waals surface area contributed by atoms with Crippen molar-refractivity contribution in [1.82, 2.24) is 9.97 Å². The Kier molecular flexibility index (Phi) is 9.73. The monoisotopic (exact) mass is 891 g/mol. The molecular weight excluding hydrogens is 852 g/mol. The number of aromatic nitrogens is 2. The fourth-order valence-corrected chi connectivity index (χ4v) is 8.06. The number of benzene rings is 4. The molecule has 0 fully saturated rings. The summed E-state index contributed by atoms with van der Waals surface area (Å²) < 4.78 is 69.3. The maximum absolute atomic E-state index is 17.5. The number of rotatable bonds is 2. The van der Waals surface area contributed by atoms with E-state index in [0.717, 1.165) is 11.1 Å². The number of aryl methyl sites for hydroxylation is 6. The van der Waals surface area contributed by atoms with E-state index in [1.807, 2.05) is 91.8 Å². The van der Waals surface area contributed by atoms with E-state index < -0.39 is 34.1 Å². The molecule has 1 aliphatic heterocycles. The van der Waals surface area contributed by atoms with E-state index in [-0.39, 0.29) is 65.8 Å². The predicted octanol–water partition coefficient (Wildman–Crippen LogP) is 12.1. The van der Waals surface area contributed by atoms with Gasteiger partial charge in [0.2, 0.25) is 0 Å². The maximum Gasteiger partial charge on any atom is 2.00 e. The Hall–Kier alpha value is -4.41. The molecule has 0 saturated heterocycles. The second-order valence-corrected chi connectivity index (χ2v) is 15.4. The fourth-order valence-electron chi connectivity index (χ4n) is 8.06. The van der Waals surface area contributed by atoms with Crippen LogP contribution in [0.3, 0.4) is 0 Å². The molecule has 2 aromatic heterocycles. The van der Waals surface area contributed by atoms with Crippen molar-refractivity contribution >= 4 is 0 Å². The summed E-state index contributed by atoms with van der Waals surface area (Å²) in [6, 6.07) is 24.2. The van der Waals surface area contributed by atoms with Crippen molar-refractivity contribution in [3.8, 4) is 44.8 Å². The second-order valence-electron chi connectivity index (χ2n) is 15.4. The molecule has 8 bridgehead atoms. The Bertz CT molecular complexity index is 2270. The molecule has 2 nitrogen and oxygen atoms in total. The van der Waals surface area contributed by atoms with E-state index in [9.17, 15) is 0 Å². The van der Waals surface area contributed by atoms with Gasteiger partial charge in [0.15, 0.2) is 0 Å². The van der Waals surface area contributed by atoms with E-state index in [0.29, 0.717) is 44.8 Å². The van der Waals surface area contributed by atoms with Crippen LogP contribution in [0.4, 0.5) is 17.6 Å². The molecule has 0 spiro atoms. The predicted molar refractivity (Wildman–Crippen MR) is 200 cm³/mol. The first-order valence-electron chi connectivity index (χ1n) is 17.4. The zero-order valence-corrected chi connectivity index (χ0v) is 33.8. The number of pyridine rings is 2. The average Bonchev–Trinajstić information content (AvgIpc) is 3.06. The average molecular weight is 892 g/mol. The Labute approximate surface area is 324 Å². The molecule has 3 heterocycles. The van der Waals surface area contributed by atoms with Gasteiger partial charge in [-0.25, -0.2) is 0 Å². The van der Waals surface area contributed by atoms with Gasteiger partial charge in [0.25, 0.3) is 0 Å². The zero-order chi connectivity index (χ0) is 37.6. The third-order valence-electron chi connectivity index (χ3n) is 10.7. The van der Waals surface area contributed by atoms with Crippen LogP contribution >= 0.6 is 0 Å². The van der Waals surface area contributed by atoms with E-state index in [2.05, 4.69) is 12.1 Å². The minimum atomic E-state index is -1.56. The second kappa shape index (κ2) is 13.5. The van der Waals surface area contributed by atoms with Gasteiger partial charge in [-0.1, -0.05) is 95.8 Å². The molecule has 0 saturated carbocycles. The quantitative estimate of drug-likeness (QED) is 0.128. The summed E-state index contributed by atoms with van der Waals surface area (Å²) in [5.41, 5.74) is 3.91. The Morgan fingerprint density at radius 3 is 1.15 bits per heavy atom. The van der Waals surface area contributed by atoms with Crippen LogP contribution in [0.25, 0.3) is 44.8 Å². The standard InChI is InChI=1S/C46H40F4N2.Pt/c1-23-17-25(3)37(26(4)18-23)39-41(47)29-21-31(43(39)49)45(7,8)32-22-30(42(48)40(44(32)50)38-27(5)19-24(2)20-28(38)6)34-14-12-16-36(52-34)46(9,10)35-15-11-13-33(29)51-35;/h11-20H,1-10H3;/q-2;+2. The van der Waals surface area contributed by atoms with Gasteiger partial charge in [-0.3, -0.25) is 17.6 Å². The van der Waals surface area contributed by atoms with E-state index in [1.54, 1.807) is 38.1 Å². The van der Waals surface area contributed by atoms with Crippen LogP contribution in [-0.4, -0.2) is 9.97 Å². The van der Waals surface area contributed by atoms with Crippen molar-refractivity contribution in [2.45, 2.75) is 80.1 Å². The number of fused-ring (bicyclic) bond motifs is 10. The molecule has 7 heteroatoms. The van der Waals surface area contributed by atoms with Crippen molar-refractivity contribution in [2.75, 3.05) is 0 Å². The summed E-state index contributed by atoms with van der Waals surface area (Å²) in [5.74, 6) is -3.41. The molecule has 1 aliphatic rings. The van der Waals surface area contributed by atoms with Crippen LogP contribution in [-0.2, 0) is 31.9 Å². The topological polar surface area (TPSA) is 25.8 Å². The largest absolute Gasteiger partial charge is 2.00 e. The van der Waals surface area contributed by atoms with E-state index in [1.165, 1.54) is 0 Å². The number of nitrogens with zero attached hydrogens (tertiary/aromatic N) is 2. The van der Waals surface area contributed by atoms with E-state index >= 15 is 17.6 Å². The van der Waals surface area contributed by atoms with Crippen molar-refractivity contribution < 1.29 is 38.6 Å². The Morgan fingerprint density at radius 1 is 0.472 bits per heavy atom. The third kappa shape index (κ3) is 6.08. The maximum atomic E-state index is 17.5. The summed E-state index contributed by atoms with van der Waals surface area (Å²) in [4.78, 5) is 9.85. The zero-order valence-electron chi connectivity index (χ0n) is 31.5. The summed E-state index contributed by atoms with van der Waals surface area (Å²) in [6.07, 6.45) is 0. The van der Waals surface area contributed by atoms with Crippen molar-refractivity contribution in [2.24, 2.45) is 0 Å². The molecule has 0 unspecified atom stereocenters. The first kappa shape index (κ1) is 38.3. The van der Waals surface area contributed by atoms with Gasteiger partial charge >= 0.3 is 21.1 Å². The van der Waals surface area contributed by atoms with Crippen molar-refractivity contribution in [3.05, 3.63) is 152 Å². The Morgan fingerprint density at radius 2 is 0.811 bits per heavy atom. The number of hydrogen-bond acceptors (Lipinski definition) is 2. The normalized spacial score (nSPS) is 14.0. The minimum Gasteiger partial charge on any atom is -0.300 e. The smallest absolute Gasteiger partial charge is 0.300 e. The Balaban J connectivity index is 0.00000481. The number of halogens is 4. The van der Waals surface area contributed by atoms with Gasteiger partial charge < -0.3 is 9.97 Å². The molecule has 272 valence electrons. The van der Waals surface area contributed by atoms with Crippen LogP contribution in [0.1, 0.15) is 83.6 Å². The molecule has 4 aromatic carbocycles. The minimum absolute atomic E-state index is 0. The molecule has 0 atom stereocenters. The fraction of sp³-hybridized carbons (Fsp3) is 0.261. The summed E-state index contributed by atoms with van der Waals surface area (Å²) in [6.45, 7) is 18.3. The van der Waals surface area contributed by atoms with Gasteiger partial charge in [-0.15, -0.1) is 12.1 Å². The van der Waals surface area contributed by atoms with Gasteiger partial charge in [0.05, 0.1) is 11.6 Å². The first-order valence-corrected chi connectivity index (χ1v) is 17.4. The molecule has 0 amide bonds. The summed E-state index contributed by atoms with van der Waals surface area (Å²) in [5, 5.41) is 0. The van der Waals surface area contributed by atoms with Gasteiger partial charge in [0, 0.05) is 28.4 Å². The molecule has 0 aliphatic carbocycles.